The molecular formula is C26H30N2O3S2. The molecule has 1 N–H and O–H groups in total. The fourth-order valence-corrected chi connectivity index (χ4v) is 5.69. The van der Waals surface area contributed by atoms with Crippen LogP contribution in [0.1, 0.15) is 23.6 Å². The van der Waals surface area contributed by atoms with Gasteiger partial charge in [0.2, 0.25) is 5.91 Å². The van der Waals surface area contributed by atoms with Gasteiger partial charge in [-0.15, -0.1) is 0 Å². The van der Waals surface area contributed by atoms with Crippen LogP contribution in [-0.2, 0) is 27.0 Å². The van der Waals surface area contributed by atoms with Crippen LogP contribution in [-0.4, -0.2) is 33.2 Å². The van der Waals surface area contributed by atoms with Gasteiger partial charge < -0.3 is 5.32 Å². The second-order valence-corrected chi connectivity index (χ2v) is 10.7. The van der Waals surface area contributed by atoms with Gasteiger partial charge in [0.1, 0.15) is 6.54 Å². The van der Waals surface area contributed by atoms with Gasteiger partial charge in [0, 0.05) is 18.1 Å². The van der Waals surface area contributed by atoms with Gasteiger partial charge in [0.25, 0.3) is 10.0 Å². The summed E-state index contributed by atoms with van der Waals surface area (Å²) >= 11 is 1.73. The van der Waals surface area contributed by atoms with Crippen LogP contribution in [0.15, 0.2) is 83.8 Å². The van der Waals surface area contributed by atoms with Crippen molar-refractivity contribution in [3.63, 3.8) is 0 Å². The van der Waals surface area contributed by atoms with Crippen molar-refractivity contribution in [2.45, 2.75) is 30.9 Å². The molecule has 5 nitrogen and oxygen atoms in total. The van der Waals surface area contributed by atoms with E-state index in [1.807, 2.05) is 19.1 Å². The van der Waals surface area contributed by atoms with Crippen LogP contribution < -0.4 is 9.62 Å². The molecule has 3 aromatic carbocycles. The molecule has 0 bridgehead atoms. The molecule has 0 aliphatic rings. The molecule has 0 aliphatic heterocycles. The van der Waals surface area contributed by atoms with Crippen molar-refractivity contribution in [2.75, 3.05) is 23.1 Å². The number of sulfonamides is 1. The number of hydrogen-bond donors (Lipinski definition) is 1. The highest BCUT2D eigenvalue weighted by atomic mass is 32.2. The highest BCUT2D eigenvalue weighted by Gasteiger charge is 2.28. The Bertz CT molecular complexity index is 1150. The Morgan fingerprint density at radius 2 is 1.61 bits per heavy atom. The summed E-state index contributed by atoms with van der Waals surface area (Å²) in [5.41, 5.74) is 3.88. The van der Waals surface area contributed by atoms with E-state index in [2.05, 4.69) is 36.5 Å². The van der Waals surface area contributed by atoms with E-state index in [0.29, 0.717) is 18.7 Å². The minimum atomic E-state index is -3.89. The zero-order valence-electron chi connectivity index (χ0n) is 19.0. The van der Waals surface area contributed by atoms with Crippen LogP contribution in [0, 0.1) is 6.92 Å². The Morgan fingerprint density at radius 1 is 0.939 bits per heavy atom. The lowest BCUT2D eigenvalue weighted by Crippen LogP contribution is -2.41. The maximum atomic E-state index is 13.4. The lowest BCUT2D eigenvalue weighted by atomic mass is 10.1. The Morgan fingerprint density at radius 3 is 2.30 bits per heavy atom. The summed E-state index contributed by atoms with van der Waals surface area (Å²) in [4.78, 5) is 12.9. The minimum absolute atomic E-state index is 0.164. The molecule has 0 aliphatic carbocycles. The van der Waals surface area contributed by atoms with Crippen LogP contribution in [0.2, 0.25) is 0 Å². The van der Waals surface area contributed by atoms with Crippen molar-refractivity contribution in [1.29, 1.82) is 0 Å². The number of thioether (sulfide) groups is 1. The number of aryl methyl sites for hydroxylation is 2. The van der Waals surface area contributed by atoms with Crippen molar-refractivity contribution in [1.82, 2.24) is 5.32 Å². The third kappa shape index (κ3) is 6.85. The Hall–Kier alpha value is -2.77. The predicted octanol–water partition coefficient (Wildman–Crippen LogP) is 4.80. The first-order valence-corrected chi connectivity index (χ1v) is 13.6. The van der Waals surface area contributed by atoms with Gasteiger partial charge >= 0.3 is 0 Å². The zero-order valence-corrected chi connectivity index (χ0v) is 20.7. The number of amides is 1. The Labute approximate surface area is 201 Å². The average Bonchev–Trinajstić information content (AvgIpc) is 2.84. The number of nitrogens with zero attached hydrogens (tertiary/aromatic N) is 1. The number of carbonyl (C=O) groups is 1. The Balaban J connectivity index is 1.66. The number of carbonyl (C=O) groups excluding carboxylic acids is 1. The van der Waals surface area contributed by atoms with Gasteiger partial charge in [0.05, 0.1) is 10.6 Å². The van der Waals surface area contributed by atoms with E-state index < -0.39 is 10.0 Å². The third-order valence-corrected chi connectivity index (χ3v) is 8.02. The predicted molar refractivity (Wildman–Crippen MR) is 137 cm³/mol. The van der Waals surface area contributed by atoms with E-state index in [9.17, 15) is 13.2 Å². The smallest absolute Gasteiger partial charge is 0.264 e. The fraction of sp³-hybridized carbons (Fsp3) is 0.269. The molecule has 3 rings (SSSR count). The summed E-state index contributed by atoms with van der Waals surface area (Å²) in [6.45, 7) is 4.24. The molecule has 0 aromatic heterocycles. The number of nitrogens with one attached hydrogen (secondary N) is 1. The largest absolute Gasteiger partial charge is 0.354 e. The summed E-state index contributed by atoms with van der Waals surface area (Å²) in [5.74, 6) is 1.29. The van der Waals surface area contributed by atoms with Crippen molar-refractivity contribution in [3.8, 4) is 0 Å². The van der Waals surface area contributed by atoms with E-state index in [4.69, 9.17) is 0 Å². The monoisotopic (exact) mass is 482 g/mol. The van der Waals surface area contributed by atoms with E-state index in [-0.39, 0.29) is 17.3 Å². The molecule has 0 heterocycles. The minimum Gasteiger partial charge on any atom is -0.354 e. The molecule has 174 valence electrons. The lowest BCUT2D eigenvalue weighted by molar-refractivity contribution is -0.119. The maximum absolute atomic E-state index is 13.4. The molecule has 7 heteroatoms. The SMILES string of the molecule is CCc1ccccc1N(CC(=O)NCCSCc1ccc(C)cc1)S(=O)(=O)c1ccccc1. The van der Waals surface area contributed by atoms with E-state index in [0.717, 1.165) is 17.1 Å². The summed E-state index contributed by atoms with van der Waals surface area (Å²) in [6.07, 6.45) is 0.661. The second kappa shape index (κ2) is 11.9. The first-order valence-electron chi connectivity index (χ1n) is 11.0. The third-order valence-electron chi connectivity index (χ3n) is 5.22. The van der Waals surface area contributed by atoms with Crippen molar-refractivity contribution < 1.29 is 13.2 Å². The summed E-state index contributed by atoms with van der Waals surface area (Å²) in [6, 6.07) is 24.0. The number of hydrogen-bond acceptors (Lipinski definition) is 4. The summed E-state index contributed by atoms with van der Waals surface area (Å²) < 4.78 is 28.1. The standard InChI is InChI=1S/C26H30N2O3S2/c1-3-23-9-7-8-12-25(23)28(33(30,31)24-10-5-4-6-11-24)19-26(29)27-17-18-32-20-22-15-13-21(2)14-16-22/h4-16H,3,17-20H2,1-2H3,(H,27,29). The van der Waals surface area contributed by atoms with Crippen LogP contribution in [0.5, 0.6) is 0 Å². The highest BCUT2D eigenvalue weighted by molar-refractivity contribution is 7.98. The van der Waals surface area contributed by atoms with Crippen LogP contribution in [0.4, 0.5) is 5.69 Å². The van der Waals surface area contributed by atoms with Crippen LogP contribution in [0.3, 0.4) is 0 Å². The molecule has 0 saturated carbocycles. The first-order chi connectivity index (χ1) is 15.9. The molecule has 33 heavy (non-hydrogen) atoms. The van der Waals surface area contributed by atoms with Gasteiger partial charge in [-0.1, -0.05) is 73.2 Å². The second-order valence-electron chi connectivity index (χ2n) is 7.70. The molecule has 0 spiro atoms. The van der Waals surface area contributed by atoms with Crippen LogP contribution >= 0.6 is 11.8 Å². The molecule has 0 atom stereocenters. The lowest BCUT2D eigenvalue weighted by Gasteiger charge is -2.26. The first kappa shape index (κ1) is 24.9. The van der Waals surface area contributed by atoms with Crippen molar-refractivity contribution >= 4 is 33.4 Å². The van der Waals surface area contributed by atoms with Gasteiger partial charge in [-0.2, -0.15) is 11.8 Å². The number of benzene rings is 3. The highest BCUT2D eigenvalue weighted by Crippen LogP contribution is 2.27. The number of para-hydroxylation sites is 1. The number of rotatable bonds is 11. The van der Waals surface area contributed by atoms with Gasteiger partial charge in [-0.3, -0.25) is 9.10 Å². The molecule has 0 unspecified atom stereocenters. The maximum Gasteiger partial charge on any atom is 0.264 e. The van der Waals surface area contributed by atoms with Gasteiger partial charge in [-0.25, -0.2) is 8.42 Å². The topological polar surface area (TPSA) is 66.5 Å². The van der Waals surface area contributed by atoms with E-state index in [1.54, 1.807) is 54.2 Å². The quantitative estimate of drug-likeness (QED) is 0.399. The summed E-state index contributed by atoms with van der Waals surface area (Å²) in [7, 11) is -3.89. The number of anilines is 1. The van der Waals surface area contributed by atoms with E-state index >= 15 is 0 Å². The molecule has 0 fully saturated rings. The normalized spacial score (nSPS) is 11.2. The zero-order chi connectivity index (χ0) is 23.7. The van der Waals surface area contributed by atoms with Gasteiger partial charge in [0.15, 0.2) is 0 Å². The molecule has 0 radical (unpaired) electrons. The van der Waals surface area contributed by atoms with Crippen molar-refractivity contribution in [3.05, 3.63) is 95.6 Å². The molecular weight excluding hydrogens is 452 g/mol. The molecule has 1 amide bonds. The summed E-state index contributed by atoms with van der Waals surface area (Å²) in [5, 5.41) is 2.87. The van der Waals surface area contributed by atoms with E-state index in [1.165, 1.54) is 15.4 Å². The molecule has 3 aromatic rings. The fourth-order valence-electron chi connectivity index (χ4n) is 3.40. The average molecular weight is 483 g/mol. The molecule has 0 saturated heterocycles. The Kier molecular flexibility index (Phi) is 8.97. The van der Waals surface area contributed by atoms with Crippen LogP contribution in [0.25, 0.3) is 0 Å². The van der Waals surface area contributed by atoms with Crippen molar-refractivity contribution in [2.24, 2.45) is 0 Å². The van der Waals surface area contributed by atoms with Gasteiger partial charge in [-0.05, 0) is 42.7 Å².